The van der Waals surface area contributed by atoms with E-state index in [9.17, 15) is 19.2 Å². The molecule has 8 nitrogen and oxygen atoms in total. The number of benzene rings is 4. The summed E-state index contributed by atoms with van der Waals surface area (Å²) in [5.41, 5.74) is 11.4. The lowest BCUT2D eigenvalue weighted by Crippen LogP contribution is -2.27. The first-order chi connectivity index (χ1) is 23.9. The number of carbonyl (C=O) groups excluding carboxylic acids is 4. The SMILES string of the molecule is CCC(=O)N1CCc2cc(-c3ccc(C(=O)OC)cc3)c(C)cc21.CCC(=O)N1CCc2cc(Br)c(C)cc21.COC(=O)c1ccc(C)cc1. The highest BCUT2D eigenvalue weighted by Gasteiger charge is 2.25. The van der Waals surface area contributed by atoms with Crippen molar-refractivity contribution in [2.24, 2.45) is 0 Å². The Morgan fingerprint density at radius 3 is 1.54 bits per heavy atom. The van der Waals surface area contributed by atoms with Gasteiger partial charge in [-0.05, 0) is 116 Å². The number of halogens is 1. The van der Waals surface area contributed by atoms with Gasteiger partial charge < -0.3 is 19.3 Å². The zero-order valence-electron chi connectivity index (χ0n) is 29.9. The van der Waals surface area contributed by atoms with E-state index in [-0.39, 0.29) is 23.8 Å². The second kappa shape index (κ2) is 17.3. The van der Waals surface area contributed by atoms with Gasteiger partial charge in [0.05, 0.1) is 25.3 Å². The van der Waals surface area contributed by atoms with E-state index in [1.807, 2.05) is 54.8 Å². The Balaban J connectivity index is 0.000000184. The summed E-state index contributed by atoms with van der Waals surface area (Å²) in [6.07, 6.45) is 2.96. The maximum absolute atomic E-state index is 12.1. The lowest BCUT2D eigenvalue weighted by molar-refractivity contribution is -0.119. The van der Waals surface area contributed by atoms with Crippen molar-refractivity contribution in [1.29, 1.82) is 0 Å². The van der Waals surface area contributed by atoms with Crippen LogP contribution in [0.4, 0.5) is 11.4 Å². The Labute approximate surface area is 303 Å². The van der Waals surface area contributed by atoms with E-state index in [1.54, 1.807) is 24.3 Å². The maximum Gasteiger partial charge on any atom is 0.337 e. The molecule has 0 radical (unpaired) electrons. The van der Waals surface area contributed by atoms with Crippen LogP contribution in [-0.4, -0.2) is 51.1 Å². The van der Waals surface area contributed by atoms with Crippen molar-refractivity contribution in [2.75, 3.05) is 37.1 Å². The van der Waals surface area contributed by atoms with Gasteiger partial charge in [-0.3, -0.25) is 9.59 Å². The van der Waals surface area contributed by atoms with Gasteiger partial charge >= 0.3 is 11.9 Å². The Morgan fingerprint density at radius 1 is 0.640 bits per heavy atom. The lowest BCUT2D eigenvalue weighted by atomic mass is 9.96. The smallest absolute Gasteiger partial charge is 0.337 e. The summed E-state index contributed by atoms with van der Waals surface area (Å²) in [6.45, 7) is 11.5. The van der Waals surface area contributed by atoms with Crippen molar-refractivity contribution >= 4 is 51.1 Å². The van der Waals surface area contributed by atoms with Crippen LogP contribution >= 0.6 is 15.9 Å². The minimum absolute atomic E-state index is 0.170. The average Bonchev–Trinajstić information content (AvgIpc) is 3.74. The van der Waals surface area contributed by atoms with Gasteiger partial charge in [0, 0.05) is 41.8 Å². The number of anilines is 2. The number of hydrogen-bond acceptors (Lipinski definition) is 6. The summed E-state index contributed by atoms with van der Waals surface area (Å²) in [4.78, 5) is 50.0. The molecule has 262 valence electrons. The van der Waals surface area contributed by atoms with Crippen LogP contribution in [0.5, 0.6) is 0 Å². The van der Waals surface area contributed by atoms with Crippen molar-refractivity contribution in [2.45, 2.75) is 60.3 Å². The van der Waals surface area contributed by atoms with E-state index in [0.717, 1.165) is 64.0 Å². The summed E-state index contributed by atoms with van der Waals surface area (Å²) >= 11 is 3.52. The van der Waals surface area contributed by atoms with Crippen LogP contribution in [0, 0.1) is 20.8 Å². The number of hydrogen-bond donors (Lipinski definition) is 0. The molecule has 0 atom stereocenters. The first-order valence-corrected chi connectivity index (χ1v) is 17.6. The fourth-order valence-corrected chi connectivity index (χ4v) is 6.37. The molecular formula is C41H45BrN2O6. The van der Waals surface area contributed by atoms with Gasteiger partial charge in [0.25, 0.3) is 0 Å². The fourth-order valence-electron chi connectivity index (χ4n) is 5.98. The van der Waals surface area contributed by atoms with Crippen LogP contribution in [0.15, 0.2) is 77.3 Å². The van der Waals surface area contributed by atoms with Crippen molar-refractivity contribution in [3.63, 3.8) is 0 Å². The van der Waals surface area contributed by atoms with Gasteiger partial charge in [0.1, 0.15) is 0 Å². The molecule has 0 spiro atoms. The molecule has 2 amide bonds. The first kappa shape index (κ1) is 38.0. The second-order valence-corrected chi connectivity index (χ2v) is 13.1. The predicted octanol–water partition coefficient (Wildman–Crippen LogP) is 8.59. The zero-order valence-corrected chi connectivity index (χ0v) is 31.5. The topological polar surface area (TPSA) is 93.2 Å². The van der Waals surface area contributed by atoms with Gasteiger partial charge in [-0.2, -0.15) is 0 Å². The van der Waals surface area contributed by atoms with Crippen LogP contribution in [0.3, 0.4) is 0 Å². The Kier molecular flexibility index (Phi) is 13.1. The molecule has 2 heterocycles. The number of amides is 2. The normalized spacial score (nSPS) is 12.5. The quantitative estimate of drug-likeness (QED) is 0.190. The van der Waals surface area contributed by atoms with Crippen LogP contribution in [0.2, 0.25) is 0 Å². The Bertz CT molecular complexity index is 1870. The molecule has 0 saturated carbocycles. The van der Waals surface area contributed by atoms with Gasteiger partial charge in [-0.15, -0.1) is 0 Å². The third-order valence-corrected chi connectivity index (χ3v) is 9.73. The number of esters is 2. The summed E-state index contributed by atoms with van der Waals surface area (Å²) in [6, 6.07) is 23.2. The molecule has 2 aliphatic heterocycles. The summed E-state index contributed by atoms with van der Waals surface area (Å²) < 4.78 is 10.4. The molecule has 0 bridgehead atoms. The second-order valence-electron chi connectivity index (χ2n) is 12.3. The van der Waals surface area contributed by atoms with Crippen molar-refractivity contribution in [1.82, 2.24) is 0 Å². The average molecular weight is 742 g/mol. The Morgan fingerprint density at radius 2 is 1.08 bits per heavy atom. The molecule has 0 saturated heterocycles. The monoisotopic (exact) mass is 740 g/mol. The van der Waals surface area contributed by atoms with E-state index >= 15 is 0 Å². The number of carbonyl (C=O) groups is 4. The number of aryl methyl sites for hydroxylation is 3. The molecule has 4 aromatic rings. The van der Waals surface area contributed by atoms with Crippen LogP contribution in [0.1, 0.15) is 75.2 Å². The fraction of sp³-hybridized carbons (Fsp3) is 0.317. The minimum atomic E-state index is -0.332. The number of fused-ring (bicyclic) bond motifs is 2. The van der Waals surface area contributed by atoms with Gasteiger partial charge in [0.2, 0.25) is 11.8 Å². The number of ether oxygens (including phenoxy) is 2. The third-order valence-electron chi connectivity index (χ3n) is 8.87. The molecule has 0 aliphatic carbocycles. The van der Waals surface area contributed by atoms with Crippen LogP contribution in [0.25, 0.3) is 11.1 Å². The number of nitrogens with zero attached hydrogens (tertiary/aromatic N) is 2. The highest BCUT2D eigenvalue weighted by molar-refractivity contribution is 9.10. The van der Waals surface area contributed by atoms with E-state index in [2.05, 4.69) is 58.8 Å². The Hall–Kier alpha value is -4.76. The highest BCUT2D eigenvalue weighted by Crippen LogP contribution is 2.36. The van der Waals surface area contributed by atoms with E-state index < -0.39 is 0 Å². The molecule has 0 unspecified atom stereocenters. The van der Waals surface area contributed by atoms with Crippen molar-refractivity contribution in [3.8, 4) is 11.1 Å². The molecule has 2 aliphatic rings. The molecule has 0 aromatic heterocycles. The van der Waals surface area contributed by atoms with E-state index in [4.69, 9.17) is 4.74 Å². The molecular weight excluding hydrogens is 696 g/mol. The molecule has 0 fully saturated rings. The van der Waals surface area contributed by atoms with Gasteiger partial charge in [-0.25, -0.2) is 9.59 Å². The molecule has 50 heavy (non-hydrogen) atoms. The van der Waals surface area contributed by atoms with E-state index in [1.165, 1.54) is 30.9 Å². The van der Waals surface area contributed by atoms with Crippen LogP contribution in [-0.2, 0) is 31.9 Å². The standard InChI is InChI=1S/C20H21NO3.C12H14BrNO.C9H10O2/c1-4-19(22)21-10-9-16-12-17(13(2)11-18(16)21)14-5-7-15(8-6-14)20(23)24-3;1-3-12(15)14-5-4-9-7-10(13)8(2)6-11(9)14;1-7-3-5-8(6-4-7)9(10)11-2/h5-8,11-12H,4,9-10H2,1-3H3;6-7H,3-5H2,1-2H3;3-6H,1-2H3. The molecule has 9 heteroatoms. The van der Waals surface area contributed by atoms with Crippen molar-refractivity contribution in [3.05, 3.63) is 116 Å². The highest BCUT2D eigenvalue weighted by atomic mass is 79.9. The molecule has 4 aromatic carbocycles. The van der Waals surface area contributed by atoms with Gasteiger partial charge in [-0.1, -0.05) is 59.6 Å². The molecule has 0 N–H and O–H groups in total. The van der Waals surface area contributed by atoms with Gasteiger partial charge in [0.15, 0.2) is 0 Å². The summed E-state index contributed by atoms with van der Waals surface area (Å²) in [7, 11) is 2.76. The van der Waals surface area contributed by atoms with Crippen LogP contribution < -0.4 is 9.80 Å². The summed E-state index contributed by atoms with van der Waals surface area (Å²) in [5, 5.41) is 0. The largest absolute Gasteiger partial charge is 0.465 e. The van der Waals surface area contributed by atoms with Crippen molar-refractivity contribution < 1.29 is 28.7 Å². The zero-order chi connectivity index (χ0) is 36.5. The maximum atomic E-state index is 12.1. The number of rotatable bonds is 5. The lowest BCUT2D eigenvalue weighted by Gasteiger charge is -2.18. The first-order valence-electron chi connectivity index (χ1n) is 16.8. The molecule has 6 rings (SSSR count). The predicted molar refractivity (Wildman–Crippen MR) is 202 cm³/mol. The van der Waals surface area contributed by atoms with E-state index in [0.29, 0.717) is 24.0 Å². The summed E-state index contributed by atoms with van der Waals surface area (Å²) in [5.74, 6) is -0.232. The number of methoxy groups -OCH3 is 2. The third kappa shape index (κ3) is 8.87. The minimum Gasteiger partial charge on any atom is -0.465 e.